The van der Waals surface area contributed by atoms with E-state index in [4.69, 9.17) is 12.2 Å². The van der Waals surface area contributed by atoms with Crippen LogP contribution in [0.5, 0.6) is 0 Å². The zero-order valence-corrected chi connectivity index (χ0v) is 7.54. The largest absolute Gasteiger partial charge is 0.346 e. The van der Waals surface area contributed by atoms with E-state index in [1.165, 1.54) is 4.90 Å². The number of hydrogen-bond acceptors (Lipinski definition) is 3. The van der Waals surface area contributed by atoms with Gasteiger partial charge in [0.15, 0.2) is 0 Å². The van der Waals surface area contributed by atoms with Gasteiger partial charge in [-0.2, -0.15) is 0 Å². The molecule has 0 aliphatic heterocycles. The molecule has 0 unspecified atom stereocenters. The van der Waals surface area contributed by atoms with E-state index in [0.717, 1.165) is 0 Å². The Morgan fingerprint density at radius 2 is 2.23 bits per heavy atom. The predicted octanol–water partition coefficient (Wildman–Crippen LogP) is -1.85. The number of carbonyl (C=O) groups excluding carboxylic acids is 2. The lowest BCUT2D eigenvalue weighted by molar-refractivity contribution is -0.131. The molecule has 0 radical (unpaired) electrons. The van der Waals surface area contributed by atoms with Crippen LogP contribution in [0.1, 0.15) is 0 Å². The molecule has 0 aromatic carbocycles. The Balaban J connectivity index is 3.75. The van der Waals surface area contributed by atoms with Crippen LogP contribution in [0, 0.1) is 12.3 Å². The van der Waals surface area contributed by atoms with Crippen LogP contribution in [-0.2, 0) is 9.59 Å². The Labute approximate surface area is 77.3 Å². The minimum absolute atomic E-state index is 0.0613. The Bertz CT molecular complexity index is 232. The molecule has 5 nitrogen and oxygen atoms in total. The van der Waals surface area contributed by atoms with E-state index < -0.39 is 0 Å². The van der Waals surface area contributed by atoms with Crippen LogP contribution in [-0.4, -0.2) is 43.4 Å². The van der Waals surface area contributed by atoms with E-state index in [2.05, 4.69) is 11.2 Å². The molecular weight excluding hydrogens is 170 g/mol. The Hall–Kier alpha value is -1.54. The summed E-state index contributed by atoms with van der Waals surface area (Å²) in [5.41, 5.74) is 5.02. The van der Waals surface area contributed by atoms with Crippen molar-refractivity contribution in [3.05, 3.63) is 0 Å². The Morgan fingerprint density at radius 3 is 2.69 bits per heavy atom. The Morgan fingerprint density at radius 1 is 1.62 bits per heavy atom. The van der Waals surface area contributed by atoms with Crippen molar-refractivity contribution in [1.82, 2.24) is 10.2 Å². The summed E-state index contributed by atoms with van der Waals surface area (Å²) in [7, 11) is 1.57. The molecule has 0 aliphatic carbocycles. The molecule has 0 bridgehead atoms. The van der Waals surface area contributed by atoms with Crippen molar-refractivity contribution < 1.29 is 9.59 Å². The van der Waals surface area contributed by atoms with Crippen molar-refractivity contribution in [2.45, 2.75) is 0 Å². The molecule has 5 heteroatoms. The van der Waals surface area contributed by atoms with Gasteiger partial charge >= 0.3 is 0 Å². The maximum Gasteiger partial charge on any atom is 0.242 e. The van der Waals surface area contributed by atoms with E-state index in [0.29, 0.717) is 0 Å². The van der Waals surface area contributed by atoms with Gasteiger partial charge in [-0.3, -0.25) is 9.59 Å². The van der Waals surface area contributed by atoms with Gasteiger partial charge in [-0.05, 0) is 0 Å². The number of carbonyl (C=O) groups is 2. The normalized spacial score (nSPS) is 8.69. The molecule has 0 heterocycles. The topological polar surface area (TPSA) is 75.4 Å². The zero-order chi connectivity index (χ0) is 10.3. The second-order valence-electron chi connectivity index (χ2n) is 2.43. The van der Waals surface area contributed by atoms with Gasteiger partial charge in [0.25, 0.3) is 0 Å². The molecule has 0 spiro atoms. The van der Waals surface area contributed by atoms with Crippen molar-refractivity contribution in [3.63, 3.8) is 0 Å². The maximum atomic E-state index is 11.1. The summed E-state index contributed by atoms with van der Waals surface area (Å²) in [6.07, 6.45) is 5.00. The molecule has 0 fully saturated rings. The molecule has 0 saturated carbocycles. The van der Waals surface area contributed by atoms with Gasteiger partial charge in [-0.25, -0.2) is 0 Å². The fourth-order valence-corrected chi connectivity index (χ4v) is 0.606. The first kappa shape index (κ1) is 11.5. The molecule has 0 aromatic heterocycles. The highest BCUT2D eigenvalue weighted by Gasteiger charge is 2.07. The summed E-state index contributed by atoms with van der Waals surface area (Å²) < 4.78 is 0. The van der Waals surface area contributed by atoms with Crippen LogP contribution < -0.4 is 11.1 Å². The zero-order valence-electron chi connectivity index (χ0n) is 7.54. The van der Waals surface area contributed by atoms with E-state index in [1.807, 2.05) is 0 Å². The van der Waals surface area contributed by atoms with Crippen LogP contribution in [0.2, 0.25) is 0 Å². The van der Waals surface area contributed by atoms with Gasteiger partial charge in [0.1, 0.15) is 0 Å². The van der Waals surface area contributed by atoms with Crippen LogP contribution >= 0.6 is 0 Å². The lowest BCUT2D eigenvalue weighted by Crippen LogP contribution is -2.40. The number of nitrogens with one attached hydrogen (secondary N) is 1. The van der Waals surface area contributed by atoms with E-state index in [-0.39, 0.29) is 31.4 Å². The van der Waals surface area contributed by atoms with Crippen molar-refractivity contribution in [1.29, 1.82) is 0 Å². The first-order chi connectivity index (χ1) is 6.11. The fraction of sp³-hybridized carbons (Fsp3) is 0.500. The minimum Gasteiger partial charge on any atom is -0.346 e. The lowest BCUT2D eigenvalue weighted by atomic mass is 10.4. The maximum absolute atomic E-state index is 11.1. The second-order valence-corrected chi connectivity index (χ2v) is 2.43. The van der Waals surface area contributed by atoms with Crippen LogP contribution in [0.25, 0.3) is 0 Å². The summed E-state index contributed by atoms with van der Waals surface area (Å²) in [6, 6.07) is 0. The van der Waals surface area contributed by atoms with Crippen molar-refractivity contribution in [3.8, 4) is 12.3 Å². The molecule has 0 saturated heterocycles. The molecule has 0 aliphatic rings. The predicted molar refractivity (Wildman–Crippen MR) is 48.5 cm³/mol. The molecule has 72 valence electrons. The lowest BCUT2D eigenvalue weighted by Gasteiger charge is -2.13. The van der Waals surface area contributed by atoms with Crippen LogP contribution in [0.3, 0.4) is 0 Å². The highest BCUT2D eigenvalue weighted by atomic mass is 16.2. The van der Waals surface area contributed by atoms with Gasteiger partial charge in [0, 0.05) is 7.05 Å². The monoisotopic (exact) mass is 183 g/mol. The van der Waals surface area contributed by atoms with Crippen molar-refractivity contribution in [2.75, 3.05) is 26.7 Å². The third-order valence-corrected chi connectivity index (χ3v) is 1.38. The molecule has 0 atom stereocenters. The smallest absolute Gasteiger partial charge is 0.242 e. The molecule has 3 N–H and O–H groups in total. The van der Waals surface area contributed by atoms with Crippen LogP contribution in [0.4, 0.5) is 0 Å². The van der Waals surface area contributed by atoms with Crippen molar-refractivity contribution >= 4 is 11.8 Å². The third-order valence-electron chi connectivity index (χ3n) is 1.38. The summed E-state index contributed by atoms with van der Waals surface area (Å²) >= 11 is 0. The van der Waals surface area contributed by atoms with Crippen LogP contribution in [0.15, 0.2) is 0 Å². The number of rotatable bonds is 4. The third kappa shape index (κ3) is 4.82. The van der Waals surface area contributed by atoms with E-state index in [9.17, 15) is 9.59 Å². The minimum atomic E-state index is -0.359. The molecule has 0 rings (SSSR count). The first-order valence-electron chi connectivity index (χ1n) is 3.76. The highest BCUT2D eigenvalue weighted by Crippen LogP contribution is 1.81. The number of likely N-dealkylation sites (N-methyl/N-ethyl adjacent to an activating group) is 1. The number of nitrogens with zero attached hydrogens (tertiary/aromatic N) is 1. The summed E-state index contributed by atoms with van der Waals surface area (Å²) in [5, 5.41) is 2.35. The van der Waals surface area contributed by atoms with Gasteiger partial charge in [0.2, 0.25) is 11.8 Å². The fourth-order valence-electron chi connectivity index (χ4n) is 0.606. The SMILES string of the molecule is C#CCN(C)C(=O)CNC(=O)CN. The molecule has 13 heavy (non-hydrogen) atoms. The number of terminal acetylenes is 1. The number of amides is 2. The highest BCUT2D eigenvalue weighted by molar-refractivity contribution is 5.85. The van der Waals surface area contributed by atoms with Crippen molar-refractivity contribution in [2.24, 2.45) is 5.73 Å². The number of nitrogens with two attached hydrogens (primary N) is 1. The number of hydrogen-bond donors (Lipinski definition) is 2. The van der Waals surface area contributed by atoms with Gasteiger partial charge in [-0.1, -0.05) is 5.92 Å². The molecule has 0 aromatic rings. The second kappa shape index (κ2) is 6.03. The van der Waals surface area contributed by atoms with Gasteiger partial charge < -0.3 is 16.0 Å². The van der Waals surface area contributed by atoms with Gasteiger partial charge in [0.05, 0.1) is 19.6 Å². The summed E-state index contributed by atoms with van der Waals surface area (Å²) in [4.78, 5) is 23.1. The van der Waals surface area contributed by atoms with E-state index in [1.54, 1.807) is 7.05 Å². The summed E-state index contributed by atoms with van der Waals surface area (Å²) in [6.45, 7) is 0.0532. The standard InChI is InChI=1S/C8H13N3O2/c1-3-4-11(2)8(13)6-10-7(12)5-9/h1H,4-6,9H2,2H3,(H,10,12). The van der Waals surface area contributed by atoms with E-state index >= 15 is 0 Å². The van der Waals surface area contributed by atoms with Gasteiger partial charge in [-0.15, -0.1) is 6.42 Å². The molecule has 2 amide bonds. The average Bonchev–Trinajstić information content (AvgIpc) is 2.13. The first-order valence-corrected chi connectivity index (χ1v) is 3.76. The average molecular weight is 183 g/mol. The summed E-state index contributed by atoms with van der Waals surface area (Å²) in [5.74, 6) is 1.72. The Kier molecular flexibility index (Phi) is 5.32. The molecular formula is C8H13N3O2. The quantitative estimate of drug-likeness (QED) is 0.502.